The van der Waals surface area contributed by atoms with Crippen LogP contribution in [0.3, 0.4) is 0 Å². The lowest BCUT2D eigenvalue weighted by Crippen LogP contribution is -2.41. The van der Waals surface area contributed by atoms with Crippen LogP contribution < -0.4 is 15.4 Å². The van der Waals surface area contributed by atoms with E-state index in [0.717, 1.165) is 25.6 Å². The van der Waals surface area contributed by atoms with E-state index in [9.17, 15) is 4.39 Å². The second-order valence-corrected chi connectivity index (χ2v) is 8.44. The van der Waals surface area contributed by atoms with Gasteiger partial charge in [-0.15, -0.1) is 0 Å². The van der Waals surface area contributed by atoms with E-state index in [1.54, 1.807) is 19.2 Å². The third kappa shape index (κ3) is 8.13. The molecule has 1 unspecified atom stereocenters. The second kappa shape index (κ2) is 12.4. The Hall–Kier alpha value is -2.64. The van der Waals surface area contributed by atoms with E-state index in [2.05, 4.69) is 56.7 Å². The summed E-state index contributed by atoms with van der Waals surface area (Å²) in [5.41, 5.74) is 2.57. The molecule has 0 aliphatic carbocycles. The van der Waals surface area contributed by atoms with Gasteiger partial charge in [0, 0.05) is 33.2 Å². The summed E-state index contributed by atoms with van der Waals surface area (Å²) in [7, 11) is 3.95. The smallest absolute Gasteiger partial charge is 0.191 e. The molecule has 1 atom stereocenters. The number of ether oxygens (including phenoxy) is 1. The van der Waals surface area contributed by atoms with Crippen molar-refractivity contribution in [2.75, 3.05) is 46.8 Å². The molecule has 1 saturated heterocycles. The number of nitrogens with zero attached hydrogens (tertiary/aromatic N) is 3. The van der Waals surface area contributed by atoms with E-state index in [1.165, 1.54) is 42.8 Å². The van der Waals surface area contributed by atoms with Crippen molar-refractivity contribution >= 4 is 5.96 Å². The van der Waals surface area contributed by atoms with Crippen LogP contribution in [-0.4, -0.2) is 68.7 Å². The predicted octanol–water partition coefficient (Wildman–Crippen LogP) is 3.10. The Balaban J connectivity index is 1.39. The third-order valence-electron chi connectivity index (χ3n) is 5.63. The van der Waals surface area contributed by atoms with Gasteiger partial charge < -0.3 is 20.3 Å². The van der Waals surface area contributed by atoms with Crippen molar-refractivity contribution in [3.63, 3.8) is 0 Å². The molecule has 6 nitrogen and oxygen atoms in total. The maximum Gasteiger partial charge on any atom is 0.191 e. The minimum atomic E-state index is -0.268. The number of rotatable bonds is 8. The van der Waals surface area contributed by atoms with Crippen molar-refractivity contribution < 1.29 is 9.13 Å². The molecule has 2 aromatic rings. The van der Waals surface area contributed by atoms with Crippen molar-refractivity contribution in [3.8, 4) is 5.75 Å². The summed E-state index contributed by atoms with van der Waals surface area (Å²) in [6.07, 6.45) is 1.15. The fourth-order valence-corrected chi connectivity index (χ4v) is 3.71. The summed E-state index contributed by atoms with van der Waals surface area (Å²) in [5, 5.41) is 6.62. The molecule has 174 valence electrons. The minimum Gasteiger partial charge on any atom is -0.489 e. The predicted molar refractivity (Wildman–Crippen MR) is 129 cm³/mol. The molecule has 1 aliphatic rings. The molecule has 2 N–H and O–H groups in total. The molecule has 32 heavy (non-hydrogen) atoms. The number of benzene rings is 2. The first kappa shape index (κ1) is 24.0. The first-order valence-electron chi connectivity index (χ1n) is 11.4. The summed E-state index contributed by atoms with van der Waals surface area (Å²) in [4.78, 5) is 9.23. The van der Waals surface area contributed by atoms with Gasteiger partial charge in [0.05, 0.1) is 6.54 Å². The number of hydrogen-bond donors (Lipinski definition) is 2. The molecule has 0 saturated carbocycles. The number of aliphatic imine (C=N–C) groups is 1. The second-order valence-electron chi connectivity index (χ2n) is 8.44. The minimum absolute atomic E-state index is 0.0860. The zero-order valence-corrected chi connectivity index (χ0v) is 19.5. The van der Waals surface area contributed by atoms with Crippen LogP contribution in [-0.2, 0) is 13.1 Å². The van der Waals surface area contributed by atoms with Crippen molar-refractivity contribution in [3.05, 3.63) is 65.5 Å². The lowest BCUT2D eigenvalue weighted by atomic mass is 10.1. The van der Waals surface area contributed by atoms with Crippen LogP contribution >= 0.6 is 0 Å². The normalized spacial score (nSPS) is 16.9. The van der Waals surface area contributed by atoms with E-state index in [-0.39, 0.29) is 11.9 Å². The highest BCUT2D eigenvalue weighted by Gasteiger charge is 2.12. The fourth-order valence-electron chi connectivity index (χ4n) is 3.71. The highest BCUT2D eigenvalue weighted by atomic mass is 19.1. The number of halogens is 1. The Morgan fingerprint density at radius 3 is 2.44 bits per heavy atom. The van der Waals surface area contributed by atoms with Crippen LogP contribution in [0.2, 0.25) is 0 Å². The molecule has 7 heteroatoms. The van der Waals surface area contributed by atoms with Crippen molar-refractivity contribution in [1.29, 1.82) is 0 Å². The summed E-state index contributed by atoms with van der Waals surface area (Å²) < 4.78 is 18.8. The number of likely N-dealkylation sites (N-methyl/N-ethyl adjacent to an activating group) is 1. The lowest BCUT2D eigenvalue weighted by molar-refractivity contribution is 0.223. The first-order valence-corrected chi connectivity index (χ1v) is 11.4. The van der Waals surface area contributed by atoms with Crippen LogP contribution in [0, 0.1) is 5.82 Å². The molecule has 3 rings (SSSR count). The van der Waals surface area contributed by atoms with E-state index in [0.29, 0.717) is 18.8 Å². The molecular weight excluding hydrogens is 405 g/mol. The van der Waals surface area contributed by atoms with E-state index in [1.807, 2.05) is 6.92 Å². The average Bonchev–Trinajstić information content (AvgIpc) is 3.00. The lowest BCUT2D eigenvalue weighted by Gasteiger charge is -2.20. The molecule has 0 spiro atoms. The van der Waals surface area contributed by atoms with Crippen LogP contribution in [0.4, 0.5) is 4.39 Å². The maximum atomic E-state index is 13.0. The number of guanidine groups is 1. The van der Waals surface area contributed by atoms with Crippen molar-refractivity contribution in [2.45, 2.75) is 32.5 Å². The van der Waals surface area contributed by atoms with Gasteiger partial charge in [-0.05, 0) is 68.9 Å². The molecule has 1 aliphatic heterocycles. The Kier molecular flexibility index (Phi) is 9.31. The van der Waals surface area contributed by atoms with Crippen molar-refractivity contribution in [2.24, 2.45) is 4.99 Å². The Bertz CT molecular complexity index is 840. The highest BCUT2D eigenvalue weighted by molar-refractivity contribution is 5.79. The van der Waals surface area contributed by atoms with Crippen LogP contribution in [0.15, 0.2) is 53.5 Å². The Morgan fingerprint density at radius 2 is 1.72 bits per heavy atom. The first-order chi connectivity index (χ1) is 15.5. The zero-order chi connectivity index (χ0) is 22.8. The Morgan fingerprint density at radius 1 is 1.00 bits per heavy atom. The molecular formula is C25H36FN5O. The largest absolute Gasteiger partial charge is 0.489 e. The molecule has 2 aromatic carbocycles. The van der Waals surface area contributed by atoms with Gasteiger partial charge >= 0.3 is 0 Å². The molecule has 0 amide bonds. The number of hydrogen-bond acceptors (Lipinski definition) is 4. The monoisotopic (exact) mass is 441 g/mol. The summed E-state index contributed by atoms with van der Waals surface area (Å²) in [5.74, 6) is 1.10. The van der Waals surface area contributed by atoms with E-state index >= 15 is 0 Å². The zero-order valence-electron chi connectivity index (χ0n) is 19.5. The molecule has 0 bridgehead atoms. The maximum absolute atomic E-state index is 13.0. The molecule has 0 radical (unpaired) electrons. The van der Waals surface area contributed by atoms with Gasteiger partial charge in [-0.25, -0.2) is 4.39 Å². The van der Waals surface area contributed by atoms with Gasteiger partial charge in [0.2, 0.25) is 0 Å². The van der Waals surface area contributed by atoms with E-state index in [4.69, 9.17) is 4.74 Å². The van der Waals surface area contributed by atoms with Crippen molar-refractivity contribution in [1.82, 2.24) is 20.4 Å². The molecule has 0 aromatic heterocycles. The quantitative estimate of drug-likeness (QED) is 0.487. The summed E-state index contributed by atoms with van der Waals surface area (Å²) in [6.45, 7) is 8.88. The summed E-state index contributed by atoms with van der Waals surface area (Å²) >= 11 is 0. The van der Waals surface area contributed by atoms with Gasteiger partial charge in [-0.1, -0.05) is 24.3 Å². The summed E-state index contributed by atoms with van der Waals surface area (Å²) in [6, 6.07) is 14.9. The molecule has 1 fully saturated rings. The topological polar surface area (TPSA) is 52.1 Å². The average molecular weight is 442 g/mol. The third-order valence-corrected chi connectivity index (χ3v) is 5.63. The van der Waals surface area contributed by atoms with Gasteiger partial charge in [0.25, 0.3) is 0 Å². The van der Waals surface area contributed by atoms with Crippen LogP contribution in [0.25, 0.3) is 0 Å². The van der Waals surface area contributed by atoms with Crippen LogP contribution in [0.1, 0.15) is 24.5 Å². The van der Waals surface area contributed by atoms with E-state index < -0.39 is 0 Å². The van der Waals surface area contributed by atoms with Gasteiger partial charge in [0.15, 0.2) is 5.96 Å². The van der Waals surface area contributed by atoms with Crippen LogP contribution in [0.5, 0.6) is 5.75 Å². The standard InChI is InChI=1S/C25H36FN5O/c1-20(32-24-11-9-23(26)10-12-24)17-28-25(27-2)29-18-21-5-7-22(8-6-21)19-31-14-4-13-30(3)15-16-31/h5-12,20H,4,13-19H2,1-3H3,(H2,27,28,29). The van der Waals surface area contributed by atoms with Gasteiger partial charge in [0.1, 0.15) is 17.7 Å². The molecule has 1 heterocycles. The highest BCUT2D eigenvalue weighted by Crippen LogP contribution is 2.13. The Labute approximate surface area is 191 Å². The number of nitrogens with one attached hydrogen (secondary N) is 2. The van der Waals surface area contributed by atoms with Gasteiger partial charge in [-0.3, -0.25) is 9.89 Å². The fraction of sp³-hybridized carbons (Fsp3) is 0.480. The van der Waals surface area contributed by atoms with Gasteiger partial charge in [-0.2, -0.15) is 0 Å². The SMILES string of the molecule is CN=C(NCc1ccc(CN2CCCN(C)CC2)cc1)NCC(C)Oc1ccc(F)cc1.